The number of anilines is 2. The van der Waals surface area contributed by atoms with Gasteiger partial charge >= 0.3 is 0 Å². The molecule has 0 spiro atoms. The number of nitrogens with one attached hydrogen (secondary N) is 1. The molecular weight excluding hydrogens is 448 g/mol. The Labute approximate surface area is 209 Å². The van der Waals surface area contributed by atoms with Crippen molar-refractivity contribution < 1.29 is 4.79 Å². The molecule has 0 saturated heterocycles. The minimum absolute atomic E-state index is 0.0430. The van der Waals surface area contributed by atoms with E-state index >= 15 is 0 Å². The van der Waals surface area contributed by atoms with Crippen molar-refractivity contribution >= 4 is 17.4 Å². The predicted octanol–water partition coefficient (Wildman–Crippen LogP) is 5.82. The Hall–Kier alpha value is -4.65. The summed E-state index contributed by atoms with van der Waals surface area (Å²) >= 11 is 0. The third-order valence-corrected chi connectivity index (χ3v) is 5.92. The lowest BCUT2D eigenvalue weighted by Crippen LogP contribution is -2.07. The number of rotatable bonds is 7. The molecule has 3 aromatic heterocycles. The zero-order valence-electron chi connectivity index (χ0n) is 20.4. The van der Waals surface area contributed by atoms with Crippen LogP contribution in [0.3, 0.4) is 0 Å². The van der Waals surface area contributed by atoms with Crippen LogP contribution in [0.2, 0.25) is 0 Å². The molecule has 0 unspecified atom stereocenters. The van der Waals surface area contributed by atoms with Gasteiger partial charge in [0.15, 0.2) is 5.78 Å². The number of carbonyl (C=O) groups is 1. The highest BCUT2D eigenvalue weighted by Crippen LogP contribution is 2.24. The van der Waals surface area contributed by atoms with E-state index in [0.717, 1.165) is 45.0 Å². The van der Waals surface area contributed by atoms with Crippen LogP contribution in [0.1, 0.15) is 32.7 Å². The molecule has 0 fully saturated rings. The number of Topliss-reactive ketones (excluding diaryl/α,β-unsaturated/α-hetero) is 1. The fraction of sp³-hybridized carbons (Fsp3) is 0.138. The number of hydrogen-bond acceptors (Lipinski definition) is 6. The summed E-state index contributed by atoms with van der Waals surface area (Å²) in [4.78, 5) is 30.7. The van der Waals surface area contributed by atoms with Gasteiger partial charge in [0.2, 0.25) is 5.95 Å². The normalized spacial score (nSPS) is 10.9. The van der Waals surface area contributed by atoms with Crippen molar-refractivity contribution in [3.63, 3.8) is 0 Å². The van der Waals surface area contributed by atoms with E-state index in [1.807, 2.05) is 74.0 Å². The maximum absolute atomic E-state index is 13.2. The lowest BCUT2D eigenvalue weighted by Gasteiger charge is -2.12. The molecule has 7 nitrogen and oxygen atoms in total. The molecule has 5 aromatic rings. The van der Waals surface area contributed by atoms with Crippen molar-refractivity contribution in [1.29, 1.82) is 0 Å². The van der Waals surface area contributed by atoms with Crippen molar-refractivity contribution in [2.45, 2.75) is 27.2 Å². The monoisotopic (exact) mass is 474 g/mol. The number of hydrogen-bond donors (Lipinski definition) is 1. The van der Waals surface area contributed by atoms with Crippen LogP contribution in [0, 0.1) is 20.8 Å². The van der Waals surface area contributed by atoms with E-state index in [0.29, 0.717) is 17.9 Å². The third-order valence-electron chi connectivity index (χ3n) is 5.92. The Bertz CT molecular complexity index is 1540. The molecule has 36 heavy (non-hydrogen) atoms. The Kier molecular flexibility index (Phi) is 6.36. The minimum Gasteiger partial charge on any atom is -0.324 e. The lowest BCUT2D eigenvalue weighted by molar-refractivity contribution is 0.0993. The highest BCUT2D eigenvalue weighted by Gasteiger charge is 2.12. The summed E-state index contributed by atoms with van der Waals surface area (Å²) in [6, 6.07) is 17.5. The van der Waals surface area contributed by atoms with Gasteiger partial charge in [0.25, 0.3) is 0 Å². The van der Waals surface area contributed by atoms with E-state index < -0.39 is 0 Å². The van der Waals surface area contributed by atoms with E-state index in [4.69, 9.17) is 0 Å². The van der Waals surface area contributed by atoms with Crippen molar-refractivity contribution in [2.75, 3.05) is 5.32 Å². The smallest absolute Gasteiger partial charge is 0.227 e. The topological polar surface area (TPSA) is 85.6 Å². The molecule has 0 aliphatic carbocycles. The number of carbonyl (C=O) groups excluding carboxylic acids is 1. The number of nitrogens with zero attached hydrogens (tertiary/aromatic N) is 5. The minimum atomic E-state index is 0.0430. The van der Waals surface area contributed by atoms with Gasteiger partial charge in [-0.25, -0.2) is 15.0 Å². The van der Waals surface area contributed by atoms with E-state index in [9.17, 15) is 4.79 Å². The number of aryl methyl sites for hydroxylation is 3. The molecule has 0 bridgehead atoms. The Morgan fingerprint density at radius 1 is 0.972 bits per heavy atom. The van der Waals surface area contributed by atoms with Crippen molar-refractivity contribution in [1.82, 2.24) is 24.5 Å². The molecule has 0 radical (unpaired) electrons. The van der Waals surface area contributed by atoms with Crippen LogP contribution >= 0.6 is 0 Å². The summed E-state index contributed by atoms with van der Waals surface area (Å²) in [7, 11) is 0. The fourth-order valence-corrected chi connectivity index (χ4v) is 4.09. The molecule has 1 N–H and O–H groups in total. The van der Waals surface area contributed by atoms with E-state index in [1.54, 1.807) is 24.9 Å². The molecule has 0 atom stereocenters. The number of ketones is 1. The first-order valence-corrected chi connectivity index (χ1v) is 11.7. The molecule has 0 saturated carbocycles. The molecule has 0 amide bonds. The highest BCUT2D eigenvalue weighted by molar-refractivity contribution is 5.98. The van der Waals surface area contributed by atoms with Crippen LogP contribution in [-0.4, -0.2) is 30.3 Å². The zero-order chi connectivity index (χ0) is 25.1. The summed E-state index contributed by atoms with van der Waals surface area (Å²) in [6.07, 6.45) is 9.27. The largest absolute Gasteiger partial charge is 0.324 e. The maximum Gasteiger partial charge on any atom is 0.227 e. The second-order valence-corrected chi connectivity index (χ2v) is 8.86. The molecule has 3 heterocycles. The number of aromatic nitrogens is 5. The first-order valence-electron chi connectivity index (χ1n) is 11.7. The molecule has 2 aromatic carbocycles. The van der Waals surface area contributed by atoms with Crippen LogP contribution in [0.4, 0.5) is 11.6 Å². The van der Waals surface area contributed by atoms with Crippen molar-refractivity contribution in [2.24, 2.45) is 0 Å². The van der Waals surface area contributed by atoms with Gasteiger partial charge in [-0.2, -0.15) is 0 Å². The van der Waals surface area contributed by atoms with Crippen LogP contribution in [-0.2, 0) is 6.42 Å². The maximum atomic E-state index is 13.2. The Balaban J connectivity index is 1.37. The second-order valence-electron chi connectivity index (χ2n) is 8.86. The summed E-state index contributed by atoms with van der Waals surface area (Å²) in [6.45, 7) is 5.98. The van der Waals surface area contributed by atoms with Crippen LogP contribution < -0.4 is 5.32 Å². The lowest BCUT2D eigenvalue weighted by atomic mass is 9.99. The van der Waals surface area contributed by atoms with Crippen LogP contribution in [0.25, 0.3) is 16.9 Å². The molecule has 0 aliphatic heterocycles. The summed E-state index contributed by atoms with van der Waals surface area (Å²) in [5, 5.41) is 3.28. The van der Waals surface area contributed by atoms with Crippen molar-refractivity contribution in [3.8, 4) is 16.9 Å². The van der Waals surface area contributed by atoms with Gasteiger partial charge in [0, 0.05) is 53.7 Å². The van der Waals surface area contributed by atoms with E-state index in [-0.39, 0.29) is 5.78 Å². The van der Waals surface area contributed by atoms with Gasteiger partial charge in [0.05, 0.1) is 17.7 Å². The molecule has 5 rings (SSSR count). The highest BCUT2D eigenvalue weighted by atomic mass is 16.1. The fourth-order valence-electron chi connectivity index (χ4n) is 4.09. The van der Waals surface area contributed by atoms with Gasteiger partial charge in [-0.05, 0) is 73.9 Å². The van der Waals surface area contributed by atoms with Gasteiger partial charge in [-0.1, -0.05) is 18.2 Å². The molecule has 7 heteroatoms. The SMILES string of the molecule is Cc1cc(CC(=O)c2ccc(C)c(Nc3nccc(-c4cccnc4)n3)c2)cc(-n2cnc(C)c2)c1. The first-order chi connectivity index (χ1) is 17.4. The predicted molar refractivity (Wildman–Crippen MR) is 141 cm³/mol. The van der Waals surface area contributed by atoms with E-state index in [1.165, 1.54) is 0 Å². The number of benzene rings is 2. The number of imidazole rings is 1. The molecule has 0 aliphatic rings. The average molecular weight is 475 g/mol. The first kappa shape index (κ1) is 23.1. The van der Waals surface area contributed by atoms with Gasteiger partial charge in [0.1, 0.15) is 0 Å². The van der Waals surface area contributed by atoms with Gasteiger partial charge < -0.3 is 9.88 Å². The van der Waals surface area contributed by atoms with Crippen molar-refractivity contribution in [3.05, 3.63) is 114 Å². The molecule has 178 valence electrons. The summed E-state index contributed by atoms with van der Waals surface area (Å²) in [5.41, 5.74) is 8.11. The Morgan fingerprint density at radius 3 is 2.64 bits per heavy atom. The average Bonchev–Trinajstić information content (AvgIpc) is 3.32. The molecular formula is C29H26N6O. The van der Waals surface area contributed by atoms with Gasteiger partial charge in [-0.15, -0.1) is 0 Å². The van der Waals surface area contributed by atoms with Gasteiger partial charge in [-0.3, -0.25) is 9.78 Å². The second kappa shape index (κ2) is 9.92. The number of pyridine rings is 1. The van der Waals surface area contributed by atoms with Crippen LogP contribution in [0.5, 0.6) is 0 Å². The van der Waals surface area contributed by atoms with Crippen LogP contribution in [0.15, 0.2) is 85.7 Å². The summed E-state index contributed by atoms with van der Waals surface area (Å²) < 4.78 is 1.98. The standard InChI is InChI=1S/C29H26N6O/c1-19-11-22(13-25(12-19)35-17-21(3)32-18-35)14-28(36)23-7-6-20(2)27(15-23)34-29-31-10-8-26(33-29)24-5-4-9-30-16-24/h4-13,15-18H,14H2,1-3H3,(H,31,33,34). The quantitative estimate of drug-likeness (QED) is 0.299. The Morgan fingerprint density at radius 2 is 1.86 bits per heavy atom. The van der Waals surface area contributed by atoms with E-state index in [2.05, 4.69) is 37.4 Å². The zero-order valence-corrected chi connectivity index (χ0v) is 20.4. The third kappa shape index (κ3) is 5.20. The summed E-state index contributed by atoms with van der Waals surface area (Å²) in [5.74, 6) is 0.504.